The van der Waals surface area contributed by atoms with E-state index in [1.54, 1.807) is 16.8 Å². The van der Waals surface area contributed by atoms with Gasteiger partial charge in [0.25, 0.3) is 11.5 Å². The lowest BCUT2D eigenvalue weighted by atomic mass is 10.1. The van der Waals surface area contributed by atoms with Crippen LogP contribution >= 0.6 is 0 Å². The molecule has 0 bridgehead atoms. The van der Waals surface area contributed by atoms with Crippen LogP contribution in [0.2, 0.25) is 0 Å². The molecule has 0 fully saturated rings. The van der Waals surface area contributed by atoms with E-state index in [4.69, 9.17) is 6.42 Å². The van der Waals surface area contributed by atoms with Gasteiger partial charge in [0.05, 0.1) is 12.6 Å². The van der Waals surface area contributed by atoms with E-state index >= 15 is 0 Å². The second-order valence-electron chi connectivity index (χ2n) is 4.61. The van der Waals surface area contributed by atoms with Gasteiger partial charge in [0.2, 0.25) is 0 Å². The van der Waals surface area contributed by atoms with Crippen LogP contribution in [0.1, 0.15) is 28.9 Å². The van der Waals surface area contributed by atoms with Crippen molar-refractivity contribution in [3.63, 3.8) is 0 Å². The highest BCUT2D eigenvalue weighted by atomic mass is 16.2. The van der Waals surface area contributed by atoms with Crippen molar-refractivity contribution in [2.45, 2.75) is 13.0 Å². The highest BCUT2D eigenvalue weighted by molar-refractivity contribution is 5.93. The Morgan fingerprint density at radius 1 is 1.29 bits per heavy atom. The van der Waals surface area contributed by atoms with Gasteiger partial charge < -0.3 is 9.88 Å². The first kappa shape index (κ1) is 14.6. The second-order valence-corrected chi connectivity index (χ2v) is 4.61. The van der Waals surface area contributed by atoms with E-state index in [1.807, 2.05) is 37.3 Å². The van der Waals surface area contributed by atoms with Gasteiger partial charge in [-0.15, -0.1) is 6.42 Å². The molecule has 0 spiro atoms. The second kappa shape index (κ2) is 6.58. The molecule has 1 N–H and O–H groups in total. The van der Waals surface area contributed by atoms with E-state index in [0.717, 1.165) is 5.56 Å². The number of nitrogens with zero attached hydrogens (tertiary/aromatic N) is 1. The van der Waals surface area contributed by atoms with Crippen LogP contribution in [0, 0.1) is 12.3 Å². The van der Waals surface area contributed by atoms with Gasteiger partial charge in [-0.3, -0.25) is 9.59 Å². The topological polar surface area (TPSA) is 51.1 Å². The molecule has 0 aliphatic rings. The monoisotopic (exact) mass is 280 g/mol. The maximum absolute atomic E-state index is 12.4. The Kier molecular flexibility index (Phi) is 4.57. The highest BCUT2D eigenvalue weighted by Crippen LogP contribution is 2.15. The van der Waals surface area contributed by atoms with Gasteiger partial charge in [0.15, 0.2) is 0 Å². The Hall–Kier alpha value is -2.80. The van der Waals surface area contributed by atoms with Crippen molar-refractivity contribution in [3.05, 3.63) is 70.1 Å². The van der Waals surface area contributed by atoms with Gasteiger partial charge >= 0.3 is 0 Å². The first-order valence-electron chi connectivity index (χ1n) is 6.63. The van der Waals surface area contributed by atoms with Crippen molar-refractivity contribution < 1.29 is 4.79 Å². The fourth-order valence-corrected chi connectivity index (χ4v) is 2.11. The summed E-state index contributed by atoms with van der Waals surface area (Å²) in [4.78, 5) is 24.4. The summed E-state index contributed by atoms with van der Waals surface area (Å²) >= 11 is 0. The maximum Gasteiger partial charge on any atom is 0.263 e. The fraction of sp³-hybridized carbons (Fsp3) is 0.176. The number of carbonyl (C=O) groups is 1. The molecule has 1 amide bonds. The number of nitrogens with one attached hydrogen (secondary N) is 1. The molecule has 106 valence electrons. The smallest absolute Gasteiger partial charge is 0.263 e. The molecule has 21 heavy (non-hydrogen) atoms. The molecular weight excluding hydrogens is 264 g/mol. The van der Waals surface area contributed by atoms with Crippen LogP contribution in [0.25, 0.3) is 0 Å². The van der Waals surface area contributed by atoms with Crippen molar-refractivity contribution in [1.29, 1.82) is 0 Å². The number of benzene rings is 1. The van der Waals surface area contributed by atoms with E-state index < -0.39 is 5.91 Å². The Bertz CT molecular complexity index is 726. The molecule has 1 heterocycles. The molecule has 4 heteroatoms. The molecule has 0 radical (unpaired) electrons. The van der Waals surface area contributed by atoms with Gasteiger partial charge in [-0.2, -0.15) is 0 Å². The zero-order valence-corrected chi connectivity index (χ0v) is 11.7. The molecule has 0 aliphatic carbocycles. The average molecular weight is 280 g/mol. The fourth-order valence-electron chi connectivity index (χ4n) is 2.11. The summed E-state index contributed by atoms with van der Waals surface area (Å²) in [5.41, 5.74) is 0.764. The van der Waals surface area contributed by atoms with Crippen molar-refractivity contribution in [2.24, 2.45) is 0 Å². The molecule has 1 aromatic heterocycles. The predicted octanol–water partition coefficient (Wildman–Crippen LogP) is 1.82. The summed E-state index contributed by atoms with van der Waals surface area (Å²) in [7, 11) is 0. The summed E-state index contributed by atoms with van der Waals surface area (Å²) < 4.78 is 1.54. The Morgan fingerprint density at radius 2 is 2.00 bits per heavy atom. The summed E-state index contributed by atoms with van der Waals surface area (Å²) in [6.07, 6.45) is 6.78. The van der Waals surface area contributed by atoms with Crippen LogP contribution < -0.4 is 10.9 Å². The highest BCUT2D eigenvalue weighted by Gasteiger charge is 2.15. The Labute approximate surface area is 123 Å². The lowest BCUT2D eigenvalue weighted by molar-refractivity contribution is 0.0956. The normalized spacial score (nSPS) is 11.4. The minimum Gasteiger partial charge on any atom is -0.341 e. The zero-order valence-electron chi connectivity index (χ0n) is 11.7. The minimum absolute atomic E-state index is 0.0931. The third kappa shape index (κ3) is 3.21. The molecule has 1 atom stereocenters. The quantitative estimate of drug-likeness (QED) is 0.869. The molecule has 4 nitrogen and oxygen atoms in total. The predicted molar refractivity (Wildman–Crippen MR) is 82.1 cm³/mol. The van der Waals surface area contributed by atoms with E-state index in [1.165, 1.54) is 6.07 Å². The van der Waals surface area contributed by atoms with E-state index in [0.29, 0.717) is 0 Å². The molecule has 2 rings (SSSR count). The largest absolute Gasteiger partial charge is 0.341 e. The number of aromatic nitrogens is 1. The third-order valence-corrected chi connectivity index (χ3v) is 3.27. The van der Waals surface area contributed by atoms with Gasteiger partial charge in [-0.1, -0.05) is 36.3 Å². The summed E-state index contributed by atoms with van der Waals surface area (Å²) in [5.74, 6) is 1.86. The van der Waals surface area contributed by atoms with Crippen LogP contribution in [0.15, 0.2) is 53.5 Å². The summed E-state index contributed by atoms with van der Waals surface area (Å²) in [6.45, 7) is 2.02. The molecule has 0 aliphatic heterocycles. The first-order chi connectivity index (χ1) is 10.1. The Balaban J connectivity index is 2.37. The first-order valence-corrected chi connectivity index (χ1v) is 6.63. The van der Waals surface area contributed by atoms with Crippen LogP contribution in [-0.4, -0.2) is 17.0 Å². The van der Waals surface area contributed by atoms with Crippen LogP contribution in [0.5, 0.6) is 0 Å². The number of pyridine rings is 1. The molecule has 0 saturated heterocycles. The van der Waals surface area contributed by atoms with E-state index in [9.17, 15) is 9.59 Å². The van der Waals surface area contributed by atoms with Crippen molar-refractivity contribution in [1.82, 2.24) is 9.88 Å². The van der Waals surface area contributed by atoms with Crippen LogP contribution in [-0.2, 0) is 0 Å². The van der Waals surface area contributed by atoms with Gasteiger partial charge in [-0.05, 0) is 24.6 Å². The Morgan fingerprint density at radius 3 is 2.67 bits per heavy atom. The van der Waals surface area contributed by atoms with Crippen molar-refractivity contribution in [2.75, 3.05) is 6.54 Å². The lowest BCUT2D eigenvalue weighted by Crippen LogP contribution is -2.34. The van der Waals surface area contributed by atoms with Crippen molar-refractivity contribution in [3.8, 4) is 12.3 Å². The number of carbonyl (C=O) groups excluding carboxylic acids is 1. The number of rotatable bonds is 4. The molecule has 1 aromatic carbocycles. The number of hydrogen-bond acceptors (Lipinski definition) is 2. The standard InChI is InChI=1S/C17H16N2O2/c1-3-11-18-16(20)15-10-7-12-19(17(15)21)13(2)14-8-5-4-6-9-14/h1,4-10,12-13H,11H2,2H3,(H,18,20). The number of terminal acetylenes is 1. The van der Waals surface area contributed by atoms with Crippen molar-refractivity contribution >= 4 is 5.91 Å². The van der Waals surface area contributed by atoms with Crippen LogP contribution in [0.3, 0.4) is 0 Å². The molecule has 1 unspecified atom stereocenters. The maximum atomic E-state index is 12.4. The minimum atomic E-state index is -0.451. The molecule has 0 saturated carbocycles. The third-order valence-electron chi connectivity index (χ3n) is 3.27. The zero-order chi connectivity index (χ0) is 15.2. The average Bonchev–Trinajstić information content (AvgIpc) is 2.53. The summed E-state index contributed by atoms with van der Waals surface area (Å²) in [6, 6.07) is 12.7. The SMILES string of the molecule is C#CCNC(=O)c1cccn(C(C)c2ccccc2)c1=O. The van der Waals surface area contributed by atoms with E-state index in [2.05, 4.69) is 11.2 Å². The number of hydrogen-bond donors (Lipinski definition) is 1. The van der Waals surface area contributed by atoms with E-state index in [-0.39, 0.29) is 23.7 Å². The van der Waals surface area contributed by atoms with Crippen LogP contribution in [0.4, 0.5) is 0 Å². The number of amides is 1. The summed E-state index contributed by atoms with van der Waals surface area (Å²) in [5, 5.41) is 2.51. The molecule has 2 aromatic rings. The van der Waals surface area contributed by atoms with Gasteiger partial charge in [0, 0.05) is 6.20 Å². The molecular formula is C17H16N2O2. The lowest BCUT2D eigenvalue weighted by Gasteiger charge is -2.16. The van der Waals surface area contributed by atoms with Gasteiger partial charge in [0.1, 0.15) is 5.56 Å². The van der Waals surface area contributed by atoms with Gasteiger partial charge in [-0.25, -0.2) is 0 Å².